The van der Waals surface area contributed by atoms with E-state index in [-0.39, 0.29) is 24.0 Å². The molecule has 2 aliphatic heterocycles. The molecule has 0 saturated carbocycles. The van der Waals surface area contributed by atoms with Gasteiger partial charge in [0.1, 0.15) is 0 Å². The van der Waals surface area contributed by atoms with E-state index in [9.17, 15) is 0 Å². The Morgan fingerprint density at radius 3 is 2.86 bits per heavy atom. The van der Waals surface area contributed by atoms with E-state index >= 15 is 0 Å². The molecule has 29 heavy (non-hydrogen) atoms. The first-order chi connectivity index (χ1) is 13.7. The monoisotopic (exact) mass is 529 g/mol. The molecule has 158 valence electrons. The molecule has 0 bridgehead atoms. The Morgan fingerprint density at radius 1 is 1.28 bits per heavy atom. The van der Waals surface area contributed by atoms with Crippen molar-refractivity contribution in [1.29, 1.82) is 0 Å². The van der Waals surface area contributed by atoms with Crippen molar-refractivity contribution in [3.05, 3.63) is 34.8 Å². The second kappa shape index (κ2) is 10.3. The molecule has 2 aliphatic rings. The van der Waals surface area contributed by atoms with Gasteiger partial charge in [-0.3, -0.25) is 4.99 Å². The highest BCUT2D eigenvalue weighted by Crippen LogP contribution is 2.32. The van der Waals surface area contributed by atoms with E-state index in [0.717, 1.165) is 66.4 Å². The van der Waals surface area contributed by atoms with Crippen molar-refractivity contribution in [3.63, 3.8) is 0 Å². The number of fused-ring (bicyclic) bond motifs is 1. The molecule has 0 amide bonds. The van der Waals surface area contributed by atoms with Crippen LogP contribution in [0.15, 0.2) is 28.6 Å². The maximum absolute atomic E-state index is 5.46. The van der Waals surface area contributed by atoms with Gasteiger partial charge in [0.25, 0.3) is 0 Å². The van der Waals surface area contributed by atoms with E-state index in [0.29, 0.717) is 6.79 Å². The molecule has 1 N–H and O–H groups in total. The lowest BCUT2D eigenvalue weighted by molar-refractivity contribution is 0.174. The third kappa shape index (κ3) is 5.44. The van der Waals surface area contributed by atoms with Gasteiger partial charge >= 0.3 is 0 Å². The van der Waals surface area contributed by atoms with Crippen molar-refractivity contribution in [2.45, 2.75) is 25.8 Å². The van der Waals surface area contributed by atoms with Gasteiger partial charge < -0.3 is 24.6 Å². The maximum atomic E-state index is 5.46. The normalized spacial score (nSPS) is 15.4. The molecule has 2 aromatic rings. The quantitative estimate of drug-likeness (QED) is 0.352. The van der Waals surface area contributed by atoms with Crippen LogP contribution in [0.1, 0.15) is 24.1 Å². The van der Waals surface area contributed by atoms with Gasteiger partial charge in [-0.2, -0.15) is 0 Å². The summed E-state index contributed by atoms with van der Waals surface area (Å²) in [4.78, 5) is 13.7. The lowest BCUT2D eigenvalue weighted by atomic mass is 10.2. The number of thiazole rings is 1. The molecule has 1 aromatic carbocycles. The molecule has 0 aliphatic carbocycles. The number of halogens is 1. The highest BCUT2D eigenvalue weighted by Gasteiger charge is 2.16. The van der Waals surface area contributed by atoms with Crippen molar-refractivity contribution in [2.24, 2.45) is 4.99 Å². The Hall–Kier alpha value is -1.75. The zero-order valence-corrected chi connectivity index (χ0v) is 20.0. The molecule has 1 aromatic heterocycles. The van der Waals surface area contributed by atoms with Crippen LogP contribution in [0, 0.1) is 0 Å². The molecule has 1 fully saturated rings. The summed E-state index contributed by atoms with van der Waals surface area (Å²) in [7, 11) is 3.85. The minimum atomic E-state index is 0. The molecule has 0 unspecified atom stereocenters. The highest BCUT2D eigenvalue weighted by molar-refractivity contribution is 14.0. The first-order valence-electron chi connectivity index (χ1n) is 9.72. The van der Waals surface area contributed by atoms with E-state index in [1.54, 1.807) is 11.3 Å². The largest absolute Gasteiger partial charge is 0.454 e. The number of rotatable bonds is 6. The van der Waals surface area contributed by atoms with E-state index in [1.165, 1.54) is 12.8 Å². The Kier molecular flexibility index (Phi) is 7.82. The van der Waals surface area contributed by atoms with Crippen LogP contribution in [-0.2, 0) is 13.0 Å². The van der Waals surface area contributed by atoms with Crippen molar-refractivity contribution in [1.82, 2.24) is 15.2 Å². The van der Waals surface area contributed by atoms with E-state index in [1.807, 2.05) is 26.2 Å². The van der Waals surface area contributed by atoms with Crippen molar-refractivity contribution in [3.8, 4) is 11.5 Å². The predicted octanol–water partition coefficient (Wildman–Crippen LogP) is 3.34. The molecule has 1 saturated heterocycles. The zero-order valence-electron chi connectivity index (χ0n) is 16.9. The van der Waals surface area contributed by atoms with Gasteiger partial charge in [0.05, 0.1) is 5.69 Å². The number of aromatic nitrogens is 1. The second-order valence-electron chi connectivity index (χ2n) is 7.08. The van der Waals surface area contributed by atoms with Gasteiger partial charge in [-0.05, 0) is 30.5 Å². The summed E-state index contributed by atoms with van der Waals surface area (Å²) in [5.74, 6) is 2.49. The van der Waals surface area contributed by atoms with Crippen molar-refractivity contribution < 1.29 is 9.47 Å². The van der Waals surface area contributed by atoms with Crippen LogP contribution in [0.2, 0.25) is 0 Å². The van der Waals surface area contributed by atoms with Crippen LogP contribution in [0.4, 0.5) is 5.13 Å². The summed E-state index contributed by atoms with van der Waals surface area (Å²) in [5, 5.41) is 6.78. The van der Waals surface area contributed by atoms with Gasteiger partial charge in [-0.15, -0.1) is 35.3 Å². The standard InChI is InChI=1S/C20H27N5O2S.HI/c1-21-19(24(2)12-15-5-6-17-18(11-15)27-14-26-17)22-8-7-16-13-28-20(23-16)25-9-3-4-10-25;/h5-6,11,13H,3-4,7-10,12,14H2,1-2H3,(H,21,22);1H. The maximum Gasteiger partial charge on any atom is 0.231 e. The van der Waals surface area contributed by atoms with Gasteiger partial charge in [-0.1, -0.05) is 6.07 Å². The Balaban J connectivity index is 0.00000240. The molecule has 4 rings (SSSR count). The Bertz CT molecular complexity index is 838. The summed E-state index contributed by atoms with van der Waals surface area (Å²) in [5.41, 5.74) is 2.30. The third-order valence-corrected chi connectivity index (χ3v) is 5.96. The number of guanidine groups is 1. The molecular formula is C20H28IN5O2S. The van der Waals surface area contributed by atoms with Crippen LogP contribution in [-0.4, -0.2) is 56.4 Å². The first-order valence-corrected chi connectivity index (χ1v) is 10.6. The van der Waals surface area contributed by atoms with Crippen LogP contribution < -0.4 is 19.7 Å². The number of anilines is 1. The minimum absolute atomic E-state index is 0. The fourth-order valence-electron chi connectivity index (χ4n) is 3.54. The smallest absolute Gasteiger partial charge is 0.231 e. The van der Waals surface area contributed by atoms with Crippen molar-refractivity contribution in [2.75, 3.05) is 45.4 Å². The molecule has 7 nitrogen and oxygen atoms in total. The van der Waals surface area contributed by atoms with E-state index in [2.05, 4.69) is 31.6 Å². The fraction of sp³-hybridized carbons (Fsp3) is 0.500. The van der Waals surface area contributed by atoms with Crippen LogP contribution in [0.3, 0.4) is 0 Å². The molecule has 3 heterocycles. The average Bonchev–Trinajstić information content (AvgIpc) is 3.46. The van der Waals surface area contributed by atoms with Crippen molar-refractivity contribution >= 4 is 46.4 Å². The number of aliphatic imine (C=N–C) groups is 1. The van der Waals surface area contributed by atoms with Gasteiger partial charge in [-0.25, -0.2) is 4.98 Å². The molecule has 0 spiro atoms. The molecule has 0 atom stereocenters. The SMILES string of the molecule is CN=C(NCCc1csc(N2CCCC2)n1)N(C)Cc1ccc2c(c1)OCO2.I. The molecule has 9 heteroatoms. The van der Waals surface area contributed by atoms with Crippen LogP contribution in [0.5, 0.6) is 11.5 Å². The summed E-state index contributed by atoms with van der Waals surface area (Å²) in [6, 6.07) is 6.05. The average molecular weight is 529 g/mol. The summed E-state index contributed by atoms with van der Waals surface area (Å²) in [6.07, 6.45) is 3.45. The summed E-state index contributed by atoms with van der Waals surface area (Å²) in [6.45, 7) is 4.13. The highest BCUT2D eigenvalue weighted by atomic mass is 127. The number of ether oxygens (including phenoxy) is 2. The molecule has 0 radical (unpaired) electrons. The summed E-state index contributed by atoms with van der Waals surface area (Å²) >= 11 is 1.75. The van der Waals surface area contributed by atoms with Gasteiger partial charge in [0.2, 0.25) is 6.79 Å². The minimum Gasteiger partial charge on any atom is -0.454 e. The number of nitrogens with one attached hydrogen (secondary N) is 1. The topological polar surface area (TPSA) is 62.2 Å². The van der Waals surface area contributed by atoms with E-state index < -0.39 is 0 Å². The third-order valence-electron chi connectivity index (χ3n) is 5.01. The lowest BCUT2D eigenvalue weighted by Crippen LogP contribution is -2.39. The van der Waals surface area contributed by atoms with Gasteiger partial charge in [0, 0.05) is 52.1 Å². The number of nitrogens with zero attached hydrogens (tertiary/aromatic N) is 4. The zero-order chi connectivity index (χ0) is 19.3. The summed E-state index contributed by atoms with van der Waals surface area (Å²) < 4.78 is 10.8. The van der Waals surface area contributed by atoms with E-state index in [4.69, 9.17) is 14.5 Å². The fourth-order valence-corrected chi connectivity index (χ4v) is 4.45. The van der Waals surface area contributed by atoms with Crippen LogP contribution in [0.25, 0.3) is 0 Å². The Labute approximate surface area is 193 Å². The predicted molar refractivity (Wildman–Crippen MR) is 128 cm³/mol. The molecular weight excluding hydrogens is 501 g/mol. The van der Waals surface area contributed by atoms with Gasteiger partial charge in [0.15, 0.2) is 22.6 Å². The lowest BCUT2D eigenvalue weighted by Gasteiger charge is -2.22. The number of hydrogen-bond acceptors (Lipinski definition) is 6. The first kappa shape index (κ1) is 21.9. The Morgan fingerprint density at radius 2 is 2.07 bits per heavy atom. The second-order valence-corrected chi connectivity index (χ2v) is 7.92. The van der Waals surface area contributed by atoms with Crippen LogP contribution >= 0.6 is 35.3 Å². The number of benzene rings is 1. The number of hydrogen-bond donors (Lipinski definition) is 1.